The van der Waals surface area contributed by atoms with Crippen molar-refractivity contribution in [3.8, 4) is 11.4 Å². The number of likely N-dealkylation sites (tertiary alicyclic amines) is 2. The first kappa shape index (κ1) is 50.9. The average molecular weight is 904 g/mol. The molecule has 4 N–H and O–H groups in total. The first-order valence-electron chi connectivity index (χ1n) is 23.9. The maximum atomic E-state index is 13.0. The zero-order chi connectivity index (χ0) is 44.2. The van der Waals surface area contributed by atoms with Gasteiger partial charge < -0.3 is 44.6 Å². The summed E-state index contributed by atoms with van der Waals surface area (Å²) in [5, 5.41) is 12.1. The van der Waals surface area contributed by atoms with E-state index < -0.39 is 5.97 Å². The van der Waals surface area contributed by atoms with Gasteiger partial charge in [-0.05, 0) is 151 Å². The first-order chi connectivity index (χ1) is 30.8. The van der Waals surface area contributed by atoms with Gasteiger partial charge in [0.15, 0.2) is 0 Å². The number of nitrogens with zero attached hydrogens (tertiary/aromatic N) is 6. The van der Waals surface area contributed by atoms with E-state index in [9.17, 15) is 9.59 Å². The molecular weight excluding hydrogens is 828 g/mol. The maximum Gasteiger partial charge on any atom is 0.335 e. The number of amides is 1. The van der Waals surface area contributed by atoms with Crippen LogP contribution >= 0.6 is 12.4 Å². The number of rotatable bonds is 15. The number of hydrogen-bond acceptors (Lipinski definition) is 9. The lowest BCUT2D eigenvalue weighted by molar-refractivity contribution is 0.0548. The quantitative estimate of drug-likeness (QED) is 0.107. The molecule has 2 aromatic heterocycles. The lowest BCUT2D eigenvalue weighted by Crippen LogP contribution is -2.48. The van der Waals surface area contributed by atoms with E-state index in [1.54, 1.807) is 55.5 Å². The number of carboxylic acids is 1. The van der Waals surface area contributed by atoms with Crippen molar-refractivity contribution in [3.05, 3.63) is 97.1 Å². The first-order valence-corrected chi connectivity index (χ1v) is 23.9. The van der Waals surface area contributed by atoms with E-state index in [0.717, 1.165) is 74.7 Å². The summed E-state index contributed by atoms with van der Waals surface area (Å²) in [4.78, 5) is 36.8. The number of carboxylic acid groups (broad SMARTS) is 1. The van der Waals surface area contributed by atoms with Gasteiger partial charge in [0.1, 0.15) is 0 Å². The zero-order valence-electron chi connectivity index (χ0n) is 38.4. The van der Waals surface area contributed by atoms with Crippen molar-refractivity contribution >= 4 is 24.3 Å². The van der Waals surface area contributed by atoms with Crippen LogP contribution < -0.4 is 11.1 Å². The van der Waals surface area contributed by atoms with E-state index in [1.807, 2.05) is 39.6 Å². The summed E-state index contributed by atoms with van der Waals surface area (Å²) in [6.07, 6.45) is 25.8. The summed E-state index contributed by atoms with van der Waals surface area (Å²) < 4.78 is 15.0. The van der Waals surface area contributed by atoms with Crippen LogP contribution in [0.25, 0.3) is 11.4 Å². The molecule has 14 heteroatoms. The van der Waals surface area contributed by atoms with Gasteiger partial charge in [0.05, 0.1) is 31.4 Å². The third kappa shape index (κ3) is 16.1. The normalized spacial score (nSPS) is 23.9. The van der Waals surface area contributed by atoms with Gasteiger partial charge in [0.25, 0.3) is 5.91 Å². The highest BCUT2D eigenvalue weighted by Gasteiger charge is 2.31. The van der Waals surface area contributed by atoms with Crippen LogP contribution in [0, 0.1) is 23.7 Å². The van der Waals surface area contributed by atoms with Crippen molar-refractivity contribution in [2.75, 3.05) is 65.7 Å². The number of benzene rings is 2. The molecule has 4 heterocycles. The Morgan fingerprint density at radius 3 is 1.64 bits per heavy atom. The summed E-state index contributed by atoms with van der Waals surface area (Å²) in [5.74, 6) is 1.81. The number of halogens is 1. The van der Waals surface area contributed by atoms with Gasteiger partial charge in [-0.2, -0.15) is 0 Å². The SMILES string of the molecule is CCOCC1CCCN(C[C@@H]2CCCC[C@H]2N)C1.CCOCC1CCCN(C[C@@H]2CCCC[C@H]2NC(=O)c2ccc(-n3ccnc3)cc2)C1.Cl.O=C(O)c1ccc(-n2ccnc2)cc1. The second-order valence-corrected chi connectivity index (χ2v) is 18.0. The van der Waals surface area contributed by atoms with Crippen LogP contribution in [0.15, 0.2) is 86.0 Å². The minimum Gasteiger partial charge on any atom is -0.478 e. The highest BCUT2D eigenvalue weighted by atomic mass is 35.5. The fraction of sp³-hybridized carbons (Fsp3) is 0.600. The molecule has 2 aliphatic carbocycles. The van der Waals surface area contributed by atoms with Gasteiger partial charge in [-0.3, -0.25) is 4.79 Å². The van der Waals surface area contributed by atoms with Crippen molar-refractivity contribution in [3.63, 3.8) is 0 Å². The van der Waals surface area contributed by atoms with Crippen LogP contribution in [0.5, 0.6) is 0 Å². The molecule has 2 aromatic carbocycles. The molecular formula is C50H75ClN8O5. The summed E-state index contributed by atoms with van der Waals surface area (Å²) in [6, 6.07) is 15.1. The number of aromatic nitrogens is 4. The molecule has 4 aromatic rings. The molecule has 2 saturated heterocycles. The molecule has 0 bridgehead atoms. The number of imidazole rings is 2. The highest BCUT2D eigenvalue weighted by Crippen LogP contribution is 2.29. The number of hydrogen-bond donors (Lipinski definition) is 3. The molecule has 4 fully saturated rings. The number of carbonyl (C=O) groups is 2. The molecule has 0 radical (unpaired) electrons. The Morgan fingerprint density at radius 1 is 0.672 bits per heavy atom. The lowest BCUT2D eigenvalue weighted by atomic mass is 9.83. The third-order valence-electron chi connectivity index (χ3n) is 13.3. The van der Waals surface area contributed by atoms with E-state index in [1.165, 1.54) is 96.8 Å². The Labute approximate surface area is 387 Å². The summed E-state index contributed by atoms with van der Waals surface area (Å²) in [5.41, 5.74) is 9.18. The molecule has 13 nitrogen and oxygen atoms in total. The van der Waals surface area contributed by atoms with Crippen molar-refractivity contribution in [2.24, 2.45) is 29.4 Å². The largest absolute Gasteiger partial charge is 0.478 e. The Balaban J connectivity index is 0.000000198. The summed E-state index contributed by atoms with van der Waals surface area (Å²) in [6.45, 7) is 14.8. The summed E-state index contributed by atoms with van der Waals surface area (Å²) >= 11 is 0. The number of nitrogens with one attached hydrogen (secondary N) is 1. The Hall–Kier alpha value is -4.11. The minimum atomic E-state index is -0.915. The fourth-order valence-electron chi connectivity index (χ4n) is 9.85. The molecule has 2 saturated carbocycles. The van der Waals surface area contributed by atoms with Crippen LogP contribution in [0.4, 0.5) is 0 Å². The average Bonchev–Trinajstić information content (AvgIpc) is 4.07. The number of carbonyl (C=O) groups excluding carboxylic acids is 1. The number of ether oxygens (including phenoxy) is 2. The topological polar surface area (TPSA) is 153 Å². The van der Waals surface area contributed by atoms with Crippen molar-refractivity contribution < 1.29 is 24.2 Å². The molecule has 352 valence electrons. The third-order valence-corrected chi connectivity index (χ3v) is 13.3. The van der Waals surface area contributed by atoms with Gasteiger partial charge in [0.2, 0.25) is 0 Å². The zero-order valence-corrected chi connectivity index (χ0v) is 39.2. The van der Waals surface area contributed by atoms with Gasteiger partial charge >= 0.3 is 5.97 Å². The molecule has 1 amide bonds. The van der Waals surface area contributed by atoms with Crippen LogP contribution in [0.1, 0.15) is 112 Å². The van der Waals surface area contributed by atoms with E-state index >= 15 is 0 Å². The second kappa shape index (κ2) is 27.4. The smallest absolute Gasteiger partial charge is 0.335 e. The maximum absolute atomic E-state index is 13.0. The Morgan fingerprint density at radius 2 is 1.16 bits per heavy atom. The second-order valence-electron chi connectivity index (χ2n) is 18.0. The predicted octanol–water partition coefficient (Wildman–Crippen LogP) is 8.15. The van der Waals surface area contributed by atoms with Crippen molar-refractivity contribution in [2.45, 2.75) is 103 Å². The molecule has 2 aliphatic heterocycles. The van der Waals surface area contributed by atoms with E-state index in [-0.39, 0.29) is 29.9 Å². The molecule has 64 heavy (non-hydrogen) atoms. The van der Waals surface area contributed by atoms with Crippen LogP contribution in [-0.4, -0.2) is 124 Å². The molecule has 6 atom stereocenters. The number of piperidine rings is 2. The monoisotopic (exact) mass is 903 g/mol. The lowest BCUT2D eigenvalue weighted by Gasteiger charge is -2.39. The predicted molar refractivity (Wildman–Crippen MR) is 256 cm³/mol. The van der Waals surface area contributed by atoms with Crippen molar-refractivity contribution in [1.82, 2.24) is 34.2 Å². The molecule has 8 rings (SSSR count). The molecule has 4 aliphatic rings. The van der Waals surface area contributed by atoms with E-state index in [2.05, 4.69) is 38.9 Å². The minimum absolute atomic E-state index is 0. The Kier molecular flexibility index (Phi) is 21.8. The van der Waals surface area contributed by atoms with E-state index in [0.29, 0.717) is 17.9 Å². The highest BCUT2D eigenvalue weighted by molar-refractivity contribution is 5.94. The number of aromatic carboxylic acids is 1. The van der Waals surface area contributed by atoms with Gasteiger partial charge in [0, 0.05) is 93.2 Å². The summed E-state index contributed by atoms with van der Waals surface area (Å²) in [7, 11) is 0. The van der Waals surface area contributed by atoms with E-state index in [4.69, 9.17) is 20.3 Å². The van der Waals surface area contributed by atoms with Gasteiger partial charge in [-0.15, -0.1) is 12.4 Å². The Bertz CT molecular complexity index is 1880. The fourth-order valence-corrected chi connectivity index (χ4v) is 9.85. The molecule has 0 spiro atoms. The number of nitrogens with two attached hydrogens (primary N) is 1. The van der Waals surface area contributed by atoms with Crippen molar-refractivity contribution in [1.29, 1.82) is 0 Å². The van der Waals surface area contributed by atoms with Crippen LogP contribution in [-0.2, 0) is 9.47 Å². The van der Waals surface area contributed by atoms with Crippen LogP contribution in [0.2, 0.25) is 0 Å². The van der Waals surface area contributed by atoms with Gasteiger partial charge in [-0.1, -0.05) is 25.7 Å². The van der Waals surface area contributed by atoms with Crippen LogP contribution in [0.3, 0.4) is 0 Å². The van der Waals surface area contributed by atoms with Gasteiger partial charge in [-0.25, -0.2) is 14.8 Å². The standard InChI is InChI=1S/C25H36N4O2.C15H30N2O.C10H8N2O2.ClH/c1-2-31-18-20-6-5-14-28(16-20)17-22-7-3-4-8-24(22)27-25(30)21-9-11-23(12-10-21)29-15-13-26-19-29;1-2-18-12-13-6-5-9-17(10-13)11-14-7-3-4-8-15(14)16;13-10(14)8-1-3-9(4-2-8)12-6-5-11-7-12;/h9-13,15,19-20,22,24H,2-8,14,16-18H2,1H3,(H,27,30);13-15H,2-12,16H2,1H3;1-7H,(H,13,14);1H/t20?,22-,24+;13?,14-,15+;;/m00../s1. The molecule has 2 unspecified atom stereocenters.